The first-order valence-electron chi connectivity index (χ1n) is 6.50. The molecule has 1 aliphatic heterocycles. The van der Waals surface area contributed by atoms with Gasteiger partial charge in [0.25, 0.3) is 5.56 Å². The zero-order chi connectivity index (χ0) is 13.4. The normalized spacial score (nSPS) is 16.9. The predicted octanol–water partition coefficient (Wildman–Crippen LogP) is 2.07. The van der Waals surface area contributed by atoms with Gasteiger partial charge in [-0.3, -0.25) is 9.36 Å². The number of nitrogens with zero attached hydrogens (tertiary/aromatic N) is 1. The third-order valence-electron chi connectivity index (χ3n) is 3.64. The molecule has 1 N–H and O–H groups in total. The fraction of sp³-hybridized carbons (Fsp3) is 0.429. The summed E-state index contributed by atoms with van der Waals surface area (Å²) in [5, 5.41) is 0.609. The summed E-state index contributed by atoms with van der Waals surface area (Å²) in [5.41, 5.74) is 1.22. The quantitative estimate of drug-likeness (QED) is 0.867. The summed E-state index contributed by atoms with van der Waals surface area (Å²) in [7, 11) is 0. The molecule has 0 aliphatic carbocycles. The molecule has 2 heterocycles. The van der Waals surface area contributed by atoms with Gasteiger partial charge in [0.2, 0.25) is 0 Å². The molecule has 1 aliphatic rings. The maximum atomic E-state index is 12.5. The monoisotopic (exact) mass is 276 g/mol. The summed E-state index contributed by atoms with van der Waals surface area (Å²) >= 11 is 1.88. The van der Waals surface area contributed by atoms with Crippen molar-refractivity contribution in [1.29, 1.82) is 0 Å². The molecule has 0 saturated carbocycles. The number of aromatic amines is 1. The van der Waals surface area contributed by atoms with E-state index in [4.69, 9.17) is 0 Å². The standard InChI is InChI=1S/C14H16N2O2S/c1-9-2-3-12-11(8-9)13(17)16(14(18)15-12)10-4-6-19-7-5-10/h2-3,8,10H,4-7H2,1H3,(H,15,18). The minimum Gasteiger partial charge on any atom is -0.307 e. The Kier molecular flexibility index (Phi) is 3.22. The molecule has 0 amide bonds. The van der Waals surface area contributed by atoms with E-state index in [1.165, 1.54) is 4.57 Å². The highest BCUT2D eigenvalue weighted by Crippen LogP contribution is 2.25. The molecule has 2 aromatic rings. The highest BCUT2D eigenvalue weighted by atomic mass is 32.2. The van der Waals surface area contributed by atoms with Crippen LogP contribution in [0.3, 0.4) is 0 Å². The second kappa shape index (κ2) is 4.89. The van der Waals surface area contributed by atoms with Crippen molar-refractivity contribution in [2.45, 2.75) is 25.8 Å². The van der Waals surface area contributed by atoms with E-state index in [9.17, 15) is 9.59 Å². The molecule has 100 valence electrons. The van der Waals surface area contributed by atoms with Gasteiger partial charge in [0.05, 0.1) is 10.9 Å². The molecule has 0 unspecified atom stereocenters. The molecule has 3 rings (SSSR count). The summed E-state index contributed by atoms with van der Waals surface area (Å²) in [5.74, 6) is 2.03. The number of thioether (sulfide) groups is 1. The van der Waals surface area contributed by atoms with Crippen LogP contribution in [0.15, 0.2) is 27.8 Å². The van der Waals surface area contributed by atoms with Crippen molar-refractivity contribution in [2.24, 2.45) is 0 Å². The summed E-state index contributed by atoms with van der Waals surface area (Å²) in [4.78, 5) is 27.5. The van der Waals surface area contributed by atoms with Crippen molar-refractivity contribution >= 4 is 22.7 Å². The first kappa shape index (κ1) is 12.5. The van der Waals surface area contributed by atoms with Crippen molar-refractivity contribution in [1.82, 2.24) is 9.55 Å². The summed E-state index contributed by atoms with van der Waals surface area (Å²) in [6, 6.07) is 5.60. The van der Waals surface area contributed by atoms with Crippen LogP contribution in [0.25, 0.3) is 10.9 Å². The van der Waals surface area contributed by atoms with Crippen LogP contribution in [-0.2, 0) is 0 Å². The van der Waals surface area contributed by atoms with Gasteiger partial charge in [-0.15, -0.1) is 0 Å². The average molecular weight is 276 g/mol. The minimum atomic E-state index is -0.279. The van der Waals surface area contributed by atoms with Crippen LogP contribution in [0.5, 0.6) is 0 Å². The molecular formula is C14H16N2O2S. The van der Waals surface area contributed by atoms with Crippen molar-refractivity contribution in [2.75, 3.05) is 11.5 Å². The van der Waals surface area contributed by atoms with Gasteiger partial charge in [-0.2, -0.15) is 11.8 Å². The molecule has 0 radical (unpaired) electrons. The van der Waals surface area contributed by atoms with Crippen LogP contribution in [0, 0.1) is 6.92 Å². The molecule has 5 heteroatoms. The van der Waals surface area contributed by atoms with Crippen molar-refractivity contribution in [3.63, 3.8) is 0 Å². The topological polar surface area (TPSA) is 54.9 Å². The molecule has 1 fully saturated rings. The SMILES string of the molecule is Cc1ccc2[nH]c(=O)n(C3CCSCC3)c(=O)c2c1. The maximum Gasteiger partial charge on any atom is 0.329 e. The second-order valence-corrected chi connectivity index (χ2v) is 6.22. The van der Waals surface area contributed by atoms with Crippen LogP contribution in [0.4, 0.5) is 0 Å². The second-order valence-electron chi connectivity index (χ2n) is 5.00. The maximum absolute atomic E-state index is 12.5. The first-order chi connectivity index (χ1) is 9.16. The summed E-state index contributed by atoms with van der Waals surface area (Å²) in [6.45, 7) is 1.95. The zero-order valence-corrected chi connectivity index (χ0v) is 11.6. The number of aromatic nitrogens is 2. The third kappa shape index (κ3) is 2.23. The molecule has 0 spiro atoms. The first-order valence-corrected chi connectivity index (χ1v) is 7.65. The Morgan fingerprint density at radius 3 is 2.74 bits per heavy atom. The van der Waals surface area contributed by atoms with E-state index >= 15 is 0 Å². The molecule has 1 saturated heterocycles. The lowest BCUT2D eigenvalue weighted by molar-refractivity contribution is 0.441. The van der Waals surface area contributed by atoms with E-state index in [-0.39, 0.29) is 17.3 Å². The lowest BCUT2D eigenvalue weighted by Crippen LogP contribution is -2.39. The number of nitrogens with one attached hydrogen (secondary N) is 1. The number of H-pyrrole nitrogens is 1. The molecule has 19 heavy (non-hydrogen) atoms. The van der Waals surface area contributed by atoms with Crippen LogP contribution in [-0.4, -0.2) is 21.1 Å². The highest BCUT2D eigenvalue weighted by Gasteiger charge is 2.20. The Bertz CT molecular complexity index is 726. The Hall–Kier alpha value is -1.49. The molecule has 1 aromatic carbocycles. The molecule has 4 nitrogen and oxygen atoms in total. The number of hydrogen-bond donors (Lipinski definition) is 1. The number of aryl methyl sites for hydroxylation is 1. The van der Waals surface area contributed by atoms with Crippen LogP contribution >= 0.6 is 11.8 Å². The Labute approximate surface area is 114 Å². The Morgan fingerprint density at radius 2 is 2.00 bits per heavy atom. The molecular weight excluding hydrogens is 260 g/mol. The zero-order valence-electron chi connectivity index (χ0n) is 10.8. The van der Waals surface area contributed by atoms with Crippen molar-refractivity contribution in [3.8, 4) is 0 Å². The summed E-state index contributed by atoms with van der Waals surface area (Å²) in [6.07, 6.45) is 1.79. The molecule has 0 atom stereocenters. The highest BCUT2D eigenvalue weighted by molar-refractivity contribution is 7.99. The van der Waals surface area contributed by atoms with Crippen LogP contribution in [0.2, 0.25) is 0 Å². The van der Waals surface area contributed by atoms with Crippen molar-refractivity contribution < 1.29 is 0 Å². The van der Waals surface area contributed by atoms with Crippen molar-refractivity contribution in [3.05, 3.63) is 44.6 Å². The van der Waals surface area contributed by atoms with E-state index in [1.807, 2.05) is 30.8 Å². The van der Waals surface area contributed by atoms with Gasteiger partial charge in [-0.25, -0.2) is 4.79 Å². The number of benzene rings is 1. The Balaban J connectivity index is 2.24. The van der Waals surface area contributed by atoms with Gasteiger partial charge < -0.3 is 4.98 Å². The lowest BCUT2D eigenvalue weighted by atomic mass is 10.1. The minimum absolute atomic E-state index is 0.0439. The molecule has 0 bridgehead atoms. The number of fused-ring (bicyclic) bond motifs is 1. The predicted molar refractivity (Wildman–Crippen MR) is 79.2 cm³/mol. The van der Waals surface area contributed by atoms with E-state index in [0.717, 1.165) is 29.9 Å². The van der Waals surface area contributed by atoms with Crippen LogP contribution < -0.4 is 11.2 Å². The average Bonchev–Trinajstić information content (AvgIpc) is 2.41. The number of hydrogen-bond acceptors (Lipinski definition) is 3. The summed E-state index contributed by atoms with van der Waals surface area (Å²) < 4.78 is 1.42. The van der Waals surface area contributed by atoms with Gasteiger partial charge in [-0.05, 0) is 43.4 Å². The Morgan fingerprint density at radius 1 is 1.26 bits per heavy atom. The van der Waals surface area contributed by atoms with Crippen LogP contribution in [0.1, 0.15) is 24.4 Å². The van der Waals surface area contributed by atoms with E-state index < -0.39 is 0 Å². The van der Waals surface area contributed by atoms with E-state index in [0.29, 0.717) is 10.9 Å². The fourth-order valence-corrected chi connectivity index (χ4v) is 3.70. The lowest BCUT2D eigenvalue weighted by Gasteiger charge is -2.22. The van der Waals surface area contributed by atoms with Gasteiger partial charge >= 0.3 is 5.69 Å². The third-order valence-corrected chi connectivity index (χ3v) is 4.69. The largest absolute Gasteiger partial charge is 0.329 e. The van der Waals surface area contributed by atoms with Gasteiger partial charge in [0, 0.05) is 6.04 Å². The van der Waals surface area contributed by atoms with Gasteiger partial charge in [0.15, 0.2) is 0 Å². The van der Waals surface area contributed by atoms with Gasteiger partial charge in [-0.1, -0.05) is 11.6 Å². The fourth-order valence-electron chi connectivity index (χ4n) is 2.62. The number of rotatable bonds is 1. The molecule has 1 aromatic heterocycles. The smallest absolute Gasteiger partial charge is 0.307 e. The van der Waals surface area contributed by atoms with Gasteiger partial charge in [0.1, 0.15) is 0 Å². The van der Waals surface area contributed by atoms with E-state index in [1.54, 1.807) is 6.07 Å². The van der Waals surface area contributed by atoms with E-state index in [2.05, 4.69) is 4.98 Å².